The number of aromatic nitrogens is 1. The van der Waals surface area contributed by atoms with Crippen LogP contribution in [0.3, 0.4) is 0 Å². The monoisotopic (exact) mass is 250 g/mol. The average Bonchev–Trinajstić information content (AvgIpc) is 2.29. The molecule has 5 heteroatoms. The Morgan fingerprint density at radius 3 is 2.72 bits per heavy atom. The summed E-state index contributed by atoms with van der Waals surface area (Å²) >= 11 is 0. The minimum absolute atomic E-state index is 0.0975. The van der Waals surface area contributed by atoms with Gasteiger partial charge >= 0.3 is 0 Å². The van der Waals surface area contributed by atoms with E-state index in [1.165, 1.54) is 0 Å². The number of nitrogens with zero attached hydrogens (tertiary/aromatic N) is 3. The maximum atomic E-state index is 11.6. The molecule has 0 fully saturated rings. The standard InChI is InChI=1S/C13H22N4O/c1-5-14-11-6-7-15-12(8-11)9-17(4)10-13(18)16(2)3/h6-8H,5,9-10H2,1-4H3,(H,14,15). The van der Waals surface area contributed by atoms with Crippen LogP contribution in [0, 0.1) is 0 Å². The van der Waals surface area contributed by atoms with E-state index in [4.69, 9.17) is 0 Å². The lowest BCUT2D eigenvalue weighted by Crippen LogP contribution is -2.34. The minimum Gasteiger partial charge on any atom is -0.385 e. The van der Waals surface area contributed by atoms with Crippen molar-refractivity contribution >= 4 is 11.6 Å². The average molecular weight is 250 g/mol. The molecule has 0 bridgehead atoms. The zero-order valence-corrected chi connectivity index (χ0v) is 11.6. The van der Waals surface area contributed by atoms with E-state index in [2.05, 4.69) is 17.2 Å². The van der Waals surface area contributed by atoms with Crippen LogP contribution in [0.5, 0.6) is 0 Å². The molecule has 0 atom stereocenters. The molecule has 0 saturated carbocycles. The molecule has 0 aliphatic carbocycles. The van der Waals surface area contributed by atoms with Crippen LogP contribution in [0.15, 0.2) is 18.3 Å². The summed E-state index contributed by atoms with van der Waals surface area (Å²) in [6.07, 6.45) is 1.79. The number of carbonyl (C=O) groups excluding carboxylic acids is 1. The van der Waals surface area contributed by atoms with E-state index in [1.807, 2.05) is 24.1 Å². The first-order chi connectivity index (χ1) is 8.52. The quantitative estimate of drug-likeness (QED) is 0.819. The van der Waals surface area contributed by atoms with Gasteiger partial charge in [-0.25, -0.2) is 0 Å². The van der Waals surface area contributed by atoms with E-state index in [1.54, 1.807) is 25.2 Å². The first-order valence-corrected chi connectivity index (χ1v) is 6.10. The van der Waals surface area contributed by atoms with Gasteiger partial charge in [0.2, 0.25) is 5.91 Å². The van der Waals surface area contributed by atoms with Crippen molar-refractivity contribution in [2.24, 2.45) is 0 Å². The smallest absolute Gasteiger partial charge is 0.236 e. The molecule has 0 spiro atoms. The normalized spacial score (nSPS) is 10.5. The van der Waals surface area contributed by atoms with E-state index in [0.717, 1.165) is 17.9 Å². The van der Waals surface area contributed by atoms with Gasteiger partial charge in [-0.1, -0.05) is 0 Å². The fraction of sp³-hybridized carbons (Fsp3) is 0.538. The highest BCUT2D eigenvalue weighted by molar-refractivity contribution is 5.77. The lowest BCUT2D eigenvalue weighted by Gasteiger charge is -2.18. The van der Waals surface area contributed by atoms with Crippen molar-refractivity contribution < 1.29 is 4.79 Å². The van der Waals surface area contributed by atoms with Crippen LogP contribution < -0.4 is 5.32 Å². The van der Waals surface area contributed by atoms with E-state index in [9.17, 15) is 4.79 Å². The number of nitrogens with one attached hydrogen (secondary N) is 1. The van der Waals surface area contributed by atoms with Gasteiger partial charge in [-0.2, -0.15) is 0 Å². The highest BCUT2D eigenvalue weighted by Gasteiger charge is 2.09. The number of amides is 1. The molecule has 1 N–H and O–H groups in total. The highest BCUT2D eigenvalue weighted by Crippen LogP contribution is 2.09. The predicted molar refractivity (Wildman–Crippen MR) is 73.4 cm³/mol. The number of anilines is 1. The van der Waals surface area contributed by atoms with Gasteiger partial charge in [0.05, 0.1) is 12.2 Å². The summed E-state index contributed by atoms with van der Waals surface area (Å²) in [6.45, 7) is 4.01. The summed E-state index contributed by atoms with van der Waals surface area (Å²) in [5.41, 5.74) is 2.03. The van der Waals surface area contributed by atoms with E-state index in [0.29, 0.717) is 13.1 Å². The highest BCUT2D eigenvalue weighted by atomic mass is 16.2. The Kier molecular flexibility index (Phi) is 5.58. The molecule has 0 radical (unpaired) electrons. The zero-order valence-electron chi connectivity index (χ0n) is 11.6. The van der Waals surface area contributed by atoms with Gasteiger partial charge in [0.15, 0.2) is 0 Å². The maximum absolute atomic E-state index is 11.6. The summed E-state index contributed by atoms with van der Waals surface area (Å²) in [6, 6.07) is 3.96. The molecule has 1 amide bonds. The lowest BCUT2D eigenvalue weighted by atomic mass is 10.3. The van der Waals surface area contributed by atoms with Crippen molar-refractivity contribution in [3.05, 3.63) is 24.0 Å². The van der Waals surface area contributed by atoms with Gasteiger partial charge in [0.1, 0.15) is 0 Å². The zero-order chi connectivity index (χ0) is 13.5. The van der Waals surface area contributed by atoms with Gasteiger partial charge in [-0.3, -0.25) is 14.7 Å². The second kappa shape index (κ2) is 6.96. The van der Waals surface area contributed by atoms with Gasteiger partial charge in [-0.05, 0) is 26.1 Å². The summed E-state index contributed by atoms with van der Waals surface area (Å²) in [4.78, 5) is 19.4. The third-order valence-electron chi connectivity index (χ3n) is 2.53. The fourth-order valence-electron chi connectivity index (χ4n) is 1.58. The molecular formula is C13H22N4O. The SMILES string of the molecule is CCNc1ccnc(CN(C)CC(=O)N(C)C)c1. The molecule has 1 heterocycles. The Bertz CT molecular complexity index is 392. The largest absolute Gasteiger partial charge is 0.385 e. The molecule has 18 heavy (non-hydrogen) atoms. The molecule has 1 aromatic rings. The summed E-state index contributed by atoms with van der Waals surface area (Å²) in [7, 11) is 5.45. The van der Waals surface area contributed by atoms with Crippen molar-refractivity contribution in [3.63, 3.8) is 0 Å². The summed E-state index contributed by atoms with van der Waals surface area (Å²) in [5.74, 6) is 0.0975. The number of likely N-dealkylation sites (N-methyl/N-ethyl adjacent to an activating group) is 2. The topological polar surface area (TPSA) is 48.5 Å². The van der Waals surface area contributed by atoms with Gasteiger partial charge in [0, 0.05) is 39.1 Å². The second-order valence-electron chi connectivity index (χ2n) is 4.53. The Hall–Kier alpha value is -1.62. The van der Waals surface area contributed by atoms with Gasteiger partial charge in [-0.15, -0.1) is 0 Å². The lowest BCUT2D eigenvalue weighted by molar-refractivity contribution is -0.129. The Morgan fingerprint density at radius 2 is 2.11 bits per heavy atom. The molecule has 100 valence electrons. The number of hydrogen-bond donors (Lipinski definition) is 1. The number of rotatable bonds is 6. The molecule has 1 aromatic heterocycles. The van der Waals surface area contributed by atoms with Gasteiger partial charge in [0.25, 0.3) is 0 Å². The molecule has 0 aliphatic heterocycles. The molecule has 1 rings (SSSR count). The van der Waals surface area contributed by atoms with Crippen molar-refractivity contribution in [3.8, 4) is 0 Å². The second-order valence-corrected chi connectivity index (χ2v) is 4.53. The van der Waals surface area contributed by atoms with Crippen molar-refractivity contribution in [2.75, 3.05) is 39.5 Å². The predicted octanol–water partition coefficient (Wildman–Crippen LogP) is 1.03. The minimum atomic E-state index is 0.0975. The third-order valence-corrected chi connectivity index (χ3v) is 2.53. The number of pyridine rings is 1. The van der Waals surface area contributed by atoms with Crippen molar-refractivity contribution in [2.45, 2.75) is 13.5 Å². The summed E-state index contributed by atoms with van der Waals surface area (Å²) in [5, 5.41) is 3.25. The van der Waals surface area contributed by atoms with Crippen LogP contribution in [0.2, 0.25) is 0 Å². The van der Waals surface area contributed by atoms with Crippen LogP contribution in [-0.4, -0.2) is 54.9 Å². The Morgan fingerprint density at radius 1 is 1.39 bits per heavy atom. The fourth-order valence-corrected chi connectivity index (χ4v) is 1.58. The Balaban J connectivity index is 2.55. The van der Waals surface area contributed by atoms with E-state index >= 15 is 0 Å². The van der Waals surface area contributed by atoms with Gasteiger partial charge < -0.3 is 10.2 Å². The van der Waals surface area contributed by atoms with Crippen molar-refractivity contribution in [1.82, 2.24) is 14.8 Å². The van der Waals surface area contributed by atoms with Crippen LogP contribution in [0.25, 0.3) is 0 Å². The molecular weight excluding hydrogens is 228 g/mol. The number of carbonyl (C=O) groups is 1. The first kappa shape index (κ1) is 14.4. The molecule has 0 aliphatic rings. The molecule has 0 unspecified atom stereocenters. The van der Waals surface area contributed by atoms with Crippen LogP contribution >= 0.6 is 0 Å². The Labute approximate surface area is 109 Å². The maximum Gasteiger partial charge on any atom is 0.236 e. The van der Waals surface area contributed by atoms with Crippen LogP contribution in [-0.2, 0) is 11.3 Å². The van der Waals surface area contributed by atoms with E-state index < -0.39 is 0 Å². The molecule has 0 aromatic carbocycles. The van der Waals surface area contributed by atoms with Crippen LogP contribution in [0.1, 0.15) is 12.6 Å². The third kappa shape index (κ3) is 4.71. The molecule has 0 saturated heterocycles. The number of hydrogen-bond acceptors (Lipinski definition) is 4. The van der Waals surface area contributed by atoms with Crippen molar-refractivity contribution in [1.29, 1.82) is 0 Å². The first-order valence-electron chi connectivity index (χ1n) is 6.10. The molecule has 5 nitrogen and oxygen atoms in total. The van der Waals surface area contributed by atoms with Crippen LogP contribution in [0.4, 0.5) is 5.69 Å². The van der Waals surface area contributed by atoms with E-state index in [-0.39, 0.29) is 5.91 Å². The summed E-state index contributed by atoms with van der Waals surface area (Å²) < 4.78 is 0.